The molecule has 15 heteroatoms. The monoisotopic (exact) mass is 1190 g/mol. The number of azide groups is 1. The summed E-state index contributed by atoms with van der Waals surface area (Å²) in [5.74, 6) is -1.82. The second-order valence-corrected chi connectivity index (χ2v) is 27.2. The molecule has 14 nitrogen and oxygen atoms in total. The summed E-state index contributed by atoms with van der Waals surface area (Å²) < 4.78 is 80.1. The fourth-order valence-electron chi connectivity index (χ4n) is 11.5. The van der Waals surface area contributed by atoms with Gasteiger partial charge in [0.2, 0.25) is 5.79 Å². The van der Waals surface area contributed by atoms with Gasteiger partial charge in [-0.1, -0.05) is 269 Å². The van der Waals surface area contributed by atoms with Gasteiger partial charge in [0.05, 0.1) is 59.5 Å². The van der Waals surface area contributed by atoms with Crippen molar-refractivity contribution in [2.75, 3.05) is 33.0 Å². The van der Waals surface area contributed by atoms with Crippen molar-refractivity contribution in [3.8, 4) is 0 Å². The summed E-state index contributed by atoms with van der Waals surface area (Å²) in [6.45, 7) is 8.05. The molecule has 9 atom stereocenters. The lowest BCUT2D eigenvalue weighted by Gasteiger charge is -2.48. The van der Waals surface area contributed by atoms with Crippen LogP contribution in [0.3, 0.4) is 0 Å². The number of hydrogen-bond donors (Lipinski definition) is 0. The minimum atomic E-state index is -3.22. The zero-order valence-corrected chi connectivity index (χ0v) is 50.8. The van der Waals surface area contributed by atoms with E-state index in [9.17, 15) is 5.53 Å². The summed E-state index contributed by atoms with van der Waals surface area (Å²) >= 11 is 0. The fourth-order valence-corrected chi connectivity index (χ4v) is 16.1. The lowest BCUT2D eigenvalue weighted by atomic mass is 9.97. The summed E-state index contributed by atoms with van der Waals surface area (Å²) in [5.41, 5.74) is 14.9. The van der Waals surface area contributed by atoms with Crippen LogP contribution in [0, 0.1) is 0 Å². The molecule has 8 aromatic rings. The number of benzene rings is 8. The molecule has 2 fully saturated rings. The van der Waals surface area contributed by atoms with Crippen molar-refractivity contribution in [3.05, 3.63) is 286 Å². The Hall–Kier alpha value is -7.15. The van der Waals surface area contributed by atoms with Gasteiger partial charge in [0.25, 0.3) is 8.32 Å². The highest BCUT2D eigenvalue weighted by atomic mass is 28.4. The third-order valence-electron chi connectivity index (χ3n) is 15.7. The van der Waals surface area contributed by atoms with Crippen LogP contribution in [0.25, 0.3) is 10.4 Å². The van der Waals surface area contributed by atoms with E-state index in [0.717, 1.165) is 43.8 Å². The van der Waals surface area contributed by atoms with E-state index in [-0.39, 0.29) is 77.7 Å². The van der Waals surface area contributed by atoms with Gasteiger partial charge in [-0.2, -0.15) is 0 Å². The largest absolute Gasteiger partial charge is 0.405 e. The van der Waals surface area contributed by atoms with Gasteiger partial charge in [-0.25, -0.2) is 0 Å². The van der Waals surface area contributed by atoms with Crippen LogP contribution in [-0.2, 0) is 91.4 Å². The molecule has 0 saturated carbocycles. The van der Waals surface area contributed by atoms with Gasteiger partial charge in [0.15, 0.2) is 6.29 Å². The van der Waals surface area contributed by atoms with Crippen LogP contribution in [0.5, 0.6) is 0 Å². The topological polar surface area (TPSA) is 150 Å². The van der Waals surface area contributed by atoms with E-state index in [1.165, 1.54) is 0 Å². The number of rotatable bonds is 31. The van der Waals surface area contributed by atoms with E-state index in [1.54, 1.807) is 0 Å². The lowest BCUT2D eigenvalue weighted by Crippen LogP contribution is -2.67. The van der Waals surface area contributed by atoms with Crippen LogP contribution in [0.4, 0.5) is 0 Å². The molecular weight excluding hydrogens is 1110 g/mol. The Bertz CT molecular complexity index is 3240. The standard InChI is InChI=1S/C72H79N3O11Si/c1-71(2,3)87(61-40-24-10-25-41-61,62-42-26-11-27-43-62)83-53-64-66(79-48-57-32-16-6-17-33-57)69(82-51-60-38-22-9-23-39-60)72(85-64,54-77-46-55-28-12-4-13-29-55)86-70-68(81-50-59-36-20-8-21-37-59)67(80-49-58-34-18-7-19-35-58)65(78-47-56-30-14-5-15-31-56)63(84-70)52-76-45-44-74-75-73/h4-43,63-70H,44-54H2,1-3H3/t63-,64-,65-,66-,67+,68-,69+,70-,72+/m1/s1. The molecule has 8 aromatic carbocycles. The zero-order chi connectivity index (χ0) is 60.0. The highest BCUT2D eigenvalue weighted by Gasteiger charge is 2.63. The molecule has 10 rings (SSSR count). The lowest BCUT2D eigenvalue weighted by molar-refractivity contribution is -0.398. The molecule has 0 spiro atoms. The van der Waals surface area contributed by atoms with Gasteiger partial charge in [0.1, 0.15) is 49.3 Å². The second kappa shape index (κ2) is 31.7. The Balaban J connectivity index is 1.12. The van der Waals surface area contributed by atoms with Crippen LogP contribution >= 0.6 is 0 Å². The molecule has 2 aliphatic rings. The third-order valence-corrected chi connectivity index (χ3v) is 20.8. The van der Waals surface area contributed by atoms with Crippen LogP contribution in [-0.4, -0.2) is 96.1 Å². The van der Waals surface area contributed by atoms with Gasteiger partial charge in [-0.3, -0.25) is 0 Å². The predicted octanol–water partition coefficient (Wildman–Crippen LogP) is 12.9. The maximum absolute atomic E-state index is 9.24. The first kappa shape index (κ1) is 62.9. The molecule has 0 aromatic heterocycles. The van der Waals surface area contributed by atoms with Crippen molar-refractivity contribution in [2.45, 2.75) is 120 Å². The van der Waals surface area contributed by atoms with Gasteiger partial charge >= 0.3 is 0 Å². The molecule has 0 bridgehead atoms. The average molecular weight is 1190 g/mol. The van der Waals surface area contributed by atoms with Crippen molar-refractivity contribution in [1.29, 1.82) is 0 Å². The Kier molecular flexibility index (Phi) is 22.9. The second-order valence-electron chi connectivity index (χ2n) is 22.9. The smallest absolute Gasteiger partial charge is 0.261 e. The molecule has 0 aliphatic carbocycles. The summed E-state index contributed by atoms with van der Waals surface area (Å²) in [4.78, 5) is 2.97. The van der Waals surface area contributed by atoms with Gasteiger partial charge < -0.3 is 51.8 Å². The molecule has 87 heavy (non-hydrogen) atoms. The van der Waals surface area contributed by atoms with E-state index in [0.29, 0.717) is 0 Å². The molecule has 2 aliphatic heterocycles. The molecule has 2 saturated heterocycles. The minimum absolute atomic E-state index is 0.000923. The van der Waals surface area contributed by atoms with E-state index < -0.39 is 63.1 Å². The Morgan fingerprint density at radius 3 is 1.28 bits per heavy atom. The minimum Gasteiger partial charge on any atom is -0.405 e. The highest BCUT2D eigenvalue weighted by Crippen LogP contribution is 2.44. The van der Waals surface area contributed by atoms with Crippen LogP contribution in [0.1, 0.15) is 54.2 Å². The highest BCUT2D eigenvalue weighted by molar-refractivity contribution is 6.99. The molecular formula is C72H79N3O11Si. The zero-order valence-electron chi connectivity index (χ0n) is 49.8. The van der Waals surface area contributed by atoms with Gasteiger partial charge in [-0.05, 0) is 54.3 Å². The molecule has 452 valence electrons. The van der Waals surface area contributed by atoms with E-state index >= 15 is 0 Å². The Morgan fingerprint density at radius 1 is 0.448 bits per heavy atom. The third kappa shape index (κ3) is 16.7. The number of nitrogens with zero attached hydrogens (tertiary/aromatic N) is 3. The maximum atomic E-state index is 9.24. The number of ether oxygens (including phenoxy) is 10. The molecule has 0 radical (unpaired) electrons. The fraction of sp³-hybridized carbons (Fsp3) is 0.333. The summed E-state index contributed by atoms with van der Waals surface area (Å²) in [7, 11) is -3.22. The van der Waals surface area contributed by atoms with Crippen molar-refractivity contribution >= 4 is 18.7 Å². The summed E-state index contributed by atoms with van der Waals surface area (Å²) in [5, 5.41) is 5.60. The van der Waals surface area contributed by atoms with Gasteiger partial charge in [0, 0.05) is 11.5 Å². The number of hydrogen-bond acceptors (Lipinski definition) is 12. The summed E-state index contributed by atoms with van der Waals surface area (Å²) in [6, 6.07) is 81.1. The predicted molar refractivity (Wildman–Crippen MR) is 337 cm³/mol. The van der Waals surface area contributed by atoms with Crippen molar-refractivity contribution in [2.24, 2.45) is 5.11 Å². The van der Waals surface area contributed by atoms with Crippen molar-refractivity contribution < 1.29 is 51.8 Å². The van der Waals surface area contributed by atoms with Crippen molar-refractivity contribution in [1.82, 2.24) is 0 Å². The molecule has 2 heterocycles. The van der Waals surface area contributed by atoms with E-state index in [1.807, 2.05) is 194 Å². The van der Waals surface area contributed by atoms with E-state index in [4.69, 9.17) is 51.8 Å². The van der Waals surface area contributed by atoms with Gasteiger partial charge in [-0.15, -0.1) is 0 Å². The molecule has 0 unspecified atom stereocenters. The first-order chi connectivity index (χ1) is 42.7. The van der Waals surface area contributed by atoms with Crippen LogP contribution in [0.2, 0.25) is 5.04 Å². The summed E-state index contributed by atoms with van der Waals surface area (Å²) in [6.07, 6.45) is -7.51. The quantitative estimate of drug-likeness (QED) is 0.0134. The molecule has 0 amide bonds. The van der Waals surface area contributed by atoms with Crippen molar-refractivity contribution in [3.63, 3.8) is 0 Å². The van der Waals surface area contributed by atoms with Crippen LogP contribution in [0.15, 0.2) is 248 Å². The van der Waals surface area contributed by atoms with E-state index in [2.05, 4.69) is 79.3 Å². The molecule has 0 N–H and O–H groups in total. The average Bonchev–Trinajstić information content (AvgIpc) is 2.16. The first-order valence-electron chi connectivity index (χ1n) is 30.0. The van der Waals surface area contributed by atoms with Crippen LogP contribution < -0.4 is 10.4 Å². The Labute approximate surface area is 512 Å². The maximum Gasteiger partial charge on any atom is 0.261 e. The Morgan fingerprint density at radius 2 is 0.839 bits per heavy atom. The SMILES string of the molecule is CC(C)(C)[Si](OC[C@H]1O[C@@](COCc2ccccc2)(O[C@H]2O[C@H](COCCN=[N+]=[N-])[C@@H](OCc3ccccc3)[C@H](OCc3ccccc3)[C@H]2OCc2ccccc2)[C@@H](OCc2ccccc2)[C@@H]1OCc1ccccc1)(c1ccccc1)c1ccccc1. The first-order valence-corrected chi connectivity index (χ1v) is 31.9. The normalized spacial score (nSPS) is 22.1.